The minimum absolute atomic E-state index is 0.130. The molecule has 0 aliphatic carbocycles. The van der Waals surface area contributed by atoms with Crippen molar-refractivity contribution in [3.63, 3.8) is 0 Å². The molecular formula is C13H27N3O2S. The van der Waals surface area contributed by atoms with Crippen LogP contribution in [-0.4, -0.2) is 79.1 Å². The zero-order chi connectivity index (χ0) is 14.4. The van der Waals surface area contributed by atoms with Gasteiger partial charge in [0.25, 0.3) is 0 Å². The van der Waals surface area contributed by atoms with Crippen LogP contribution >= 0.6 is 0 Å². The fraction of sp³-hybridized carbons (Fsp3) is 1.00. The van der Waals surface area contributed by atoms with Gasteiger partial charge in [-0.1, -0.05) is 0 Å². The van der Waals surface area contributed by atoms with Crippen molar-refractivity contribution in [2.24, 2.45) is 0 Å². The van der Waals surface area contributed by atoms with Gasteiger partial charge in [-0.2, -0.15) is 4.31 Å². The largest absolute Gasteiger partial charge is 0.303 e. The summed E-state index contributed by atoms with van der Waals surface area (Å²) in [5, 5.41) is -0.326. The maximum atomic E-state index is 12.3. The summed E-state index contributed by atoms with van der Waals surface area (Å²) in [5.41, 5.74) is 0.130. The second kappa shape index (κ2) is 4.98. The number of hydrogen-bond acceptors (Lipinski definition) is 4. The molecule has 0 spiro atoms. The fourth-order valence-electron chi connectivity index (χ4n) is 3.48. The Hall–Kier alpha value is -0.170. The van der Waals surface area contributed by atoms with E-state index in [1.54, 1.807) is 18.2 Å². The van der Waals surface area contributed by atoms with Crippen molar-refractivity contribution in [1.82, 2.24) is 14.1 Å². The first-order chi connectivity index (χ1) is 8.64. The van der Waals surface area contributed by atoms with E-state index in [1.165, 1.54) is 0 Å². The van der Waals surface area contributed by atoms with E-state index in [1.807, 2.05) is 0 Å². The summed E-state index contributed by atoms with van der Waals surface area (Å²) in [7, 11) is -0.997. The van der Waals surface area contributed by atoms with Gasteiger partial charge in [0.2, 0.25) is 10.0 Å². The molecule has 2 aliphatic rings. The Balaban J connectivity index is 2.16. The predicted octanol–water partition coefficient (Wildman–Crippen LogP) is 0.435. The van der Waals surface area contributed by atoms with Crippen LogP contribution in [0.1, 0.15) is 27.7 Å². The van der Waals surface area contributed by atoms with Gasteiger partial charge in [0.1, 0.15) is 0 Å². The van der Waals surface area contributed by atoms with Crippen LogP contribution in [0.25, 0.3) is 0 Å². The SMILES string of the molecule is CC(C)S(=O)(=O)N1CCN2[C@H](CN(C)CC2(C)C)C1. The number of nitrogens with zero attached hydrogens (tertiary/aromatic N) is 3. The van der Waals surface area contributed by atoms with Gasteiger partial charge >= 0.3 is 0 Å². The first kappa shape index (κ1) is 15.2. The van der Waals surface area contributed by atoms with Crippen LogP contribution in [0, 0.1) is 0 Å². The van der Waals surface area contributed by atoms with Gasteiger partial charge in [0.05, 0.1) is 5.25 Å². The van der Waals surface area contributed by atoms with Crippen molar-refractivity contribution < 1.29 is 8.42 Å². The molecule has 2 heterocycles. The lowest BCUT2D eigenvalue weighted by Crippen LogP contribution is -2.69. The number of sulfonamides is 1. The van der Waals surface area contributed by atoms with Crippen LogP contribution in [0.15, 0.2) is 0 Å². The maximum absolute atomic E-state index is 12.3. The number of fused-ring (bicyclic) bond motifs is 1. The van der Waals surface area contributed by atoms with Crippen LogP contribution in [0.3, 0.4) is 0 Å². The second-order valence-electron chi connectivity index (χ2n) is 6.81. The standard InChI is InChI=1S/C13H27N3O2S/c1-11(2)19(17,18)15-6-7-16-12(9-15)8-14(5)10-13(16,3)4/h11-12H,6-10H2,1-5H3/t12-/m1/s1. The maximum Gasteiger partial charge on any atom is 0.216 e. The van der Waals surface area contributed by atoms with Crippen LogP contribution < -0.4 is 0 Å². The number of piperazine rings is 2. The molecule has 0 aromatic rings. The molecule has 0 N–H and O–H groups in total. The van der Waals surface area contributed by atoms with E-state index in [9.17, 15) is 8.42 Å². The van der Waals surface area contributed by atoms with Crippen molar-refractivity contribution in [2.45, 2.75) is 44.5 Å². The zero-order valence-corrected chi connectivity index (χ0v) is 13.6. The van der Waals surface area contributed by atoms with Crippen LogP contribution in [0.5, 0.6) is 0 Å². The van der Waals surface area contributed by atoms with E-state index < -0.39 is 10.0 Å². The van der Waals surface area contributed by atoms with Gasteiger partial charge in [-0.25, -0.2) is 8.42 Å². The molecule has 6 heteroatoms. The summed E-state index contributed by atoms with van der Waals surface area (Å²) < 4.78 is 26.3. The second-order valence-corrected chi connectivity index (χ2v) is 9.30. The minimum Gasteiger partial charge on any atom is -0.303 e. The van der Waals surface area contributed by atoms with Gasteiger partial charge in [0, 0.05) is 44.3 Å². The van der Waals surface area contributed by atoms with Gasteiger partial charge in [0.15, 0.2) is 0 Å². The Morgan fingerprint density at radius 1 is 1.16 bits per heavy atom. The molecule has 0 aromatic heterocycles. The Labute approximate surface area is 117 Å². The lowest BCUT2D eigenvalue weighted by molar-refractivity contribution is -0.0428. The lowest BCUT2D eigenvalue weighted by Gasteiger charge is -2.54. The van der Waals surface area contributed by atoms with E-state index in [0.29, 0.717) is 19.1 Å². The molecule has 112 valence electrons. The molecule has 0 radical (unpaired) electrons. The molecule has 0 saturated carbocycles. The summed E-state index contributed by atoms with van der Waals surface area (Å²) in [5.74, 6) is 0. The van der Waals surface area contributed by atoms with Crippen LogP contribution in [0.4, 0.5) is 0 Å². The van der Waals surface area contributed by atoms with Crippen LogP contribution in [0.2, 0.25) is 0 Å². The van der Waals surface area contributed by atoms with Crippen molar-refractivity contribution in [3.8, 4) is 0 Å². The minimum atomic E-state index is -3.12. The quantitative estimate of drug-likeness (QED) is 0.740. The van der Waals surface area contributed by atoms with Crippen molar-refractivity contribution in [2.75, 3.05) is 39.8 Å². The summed E-state index contributed by atoms with van der Waals surface area (Å²) >= 11 is 0. The lowest BCUT2D eigenvalue weighted by atomic mass is 9.94. The monoisotopic (exact) mass is 289 g/mol. The molecule has 2 saturated heterocycles. The van der Waals surface area contributed by atoms with Gasteiger partial charge in [-0.05, 0) is 34.7 Å². The van der Waals surface area contributed by atoms with E-state index >= 15 is 0 Å². The molecule has 0 aromatic carbocycles. The molecule has 0 bridgehead atoms. The molecular weight excluding hydrogens is 262 g/mol. The Morgan fingerprint density at radius 3 is 2.37 bits per heavy atom. The zero-order valence-electron chi connectivity index (χ0n) is 12.8. The molecule has 0 unspecified atom stereocenters. The Bertz CT molecular complexity index is 433. The molecule has 2 rings (SSSR count). The first-order valence-electron chi connectivity index (χ1n) is 7.09. The number of hydrogen-bond donors (Lipinski definition) is 0. The van der Waals surface area contributed by atoms with Crippen molar-refractivity contribution in [1.29, 1.82) is 0 Å². The summed E-state index contributed by atoms with van der Waals surface area (Å²) in [6.07, 6.45) is 0. The van der Waals surface area contributed by atoms with Gasteiger partial charge < -0.3 is 4.90 Å². The third kappa shape index (κ3) is 2.82. The highest BCUT2D eigenvalue weighted by molar-refractivity contribution is 7.89. The number of likely N-dealkylation sites (N-methyl/N-ethyl adjacent to an activating group) is 1. The molecule has 0 amide bonds. The third-order valence-electron chi connectivity index (χ3n) is 4.36. The fourth-order valence-corrected chi connectivity index (χ4v) is 4.80. The number of rotatable bonds is 2. The van der Waals surface area contributed by atoms with Gasteiger partial charge in [-0.3, -0.25) is 4.90 Å². The smallest absolute Gasteiger partial charge is 0.216 e. The average Bonchev–Trinajstić information content (AvgIpc) is 2.26. The highest BCUT2D eigenvalue weighted by Crippen LogP contribution is 2.28. The molecule has 5 nitrogen and oxygen atoms in total. The Kier molecular flexibility index (Phi) is 3.99. The average molecular weight is 289 g/mol. The third-order valence-corrected chi connectivity index (χ3v) is 6.60. The summed E-state index contributed by atoms with van der Waals surface area (Å²) in [4.78, 5) is 4.80. The van der Waals surface area contributed by atoms with Gasteiger partial charge in [-0.15, -0.1) is 0 Å². The first-order valence-corrected chi connectivity index (χ1v) is 8.59. The highest BCUT2D eigenvalue weighted by Gasteiger charge is 2.43. The highest BCUT2D eigenvalue weighted by atomic mass is 32.2. The summed E-state index contributed by atoms with van der Waals surface area (Å²) in [6, 6.07) is 0.316. The Morgan fingerprint density at radius 2 is 1.79 bits per heavy atom. The predicted molar refractivity (Wildman–Crippen MR) is 77.7 cm³/mol. The van der Waals surface area contributed by atoms with Crippen LogP contribution in [-0.2, 0) is 10.0 Å². The van der Waals surface area contributed by atoms with Crippen molar-refractivity contribution >= 4 is 10.0 Å². The molecule has 19 heavy (non-hydrogen) atoms. The van der Waals surface area contributed by atoms with E-state index in [4.69, 9.17) is 0 Å². The van der Waals surface area contributed by atoms with Crippen molar-refractivity contribution in [3.05, 3.63) is 0 Å². The molecule has 1 atom stereocenters. The normalized spacial score (nSPS) is 30.5. The van der Waals surface area contributed by atoms with E-state index in [-0.39, 0.29) is 10.8 Å². The summed E-state index contributed by atoms with van der Waals surface area (Å²) in [6.45, 7) is 12.1. The van der Waals surface area contributed by atoms with E-state index in [2.05, 4.69) is 30.7 Å². The van der Waals surface area contributed by atoms with E-state index in [0.717, 1.165) is 19.6 Å². The topological polar surface area (TPSA) is 43.9 Å². The molecule has 2 fully saturated rings. The molecule has 2 aliphatic heterocycles.